The third-order valence-electron chi connectivity index (χ3n) is 3.79. The van der Waals surface area contributed by atoms with Crippen LogP contribution in [0.3, 0.4) is 0 Å². The number of hydrogen-bond acceptors (Lipinski definition) is 4. The first-order valence-electron chi connectivity index (χ1n) is 6.63. The van der Waals surface area contributed by atoms with E-state index in [9.17, 15) is 9.90 Å². The highest BCUT2D eigenvalue weighted by molar-refractivity contribution is 5.90. The summed E-state index contributed by atoms with van der Waals surface area (Å²) in [6.07, 6.45) is 3.62. The first kappa shape index (κ1) is 13.6. The fourth-order valence-electron chi connectivity index (χ4n) is 2.81. The lowest BCUT2D eigenvalue weighted by Gasteiger charge is -2.27. The van der Waals surface area contributed by atoms with Crippen LogP contribution in [0.15, 0.2) is 34.9 Å². The Kier molecular flexibility index (Phi) is 3.35. The fraction of sp³-hybridized carbons (Fsp3) is 0.250. The zero-order valence-corrected chi connectivity index (χ0v) is 11.7. The van der Waals surface area contributed by atoms with Gasteiger partial charge in [-0.05, 0) is 18.1 Å². The third-order valence-corrected chi connectivity index (χ3v) is 3.79. The Morgan fingerprint density at radius 1 is 1.38 bits per heavy atom. The van der Waals surface area contributed by atoms with Gasteiger partial charge in [0.15, 0.2) is 0 Å². The number of benzene rings is 1. The molecule has 0 bridgehead atoms. The van der Waals surface area contributed by atoms with Crippen LogP contribution in [-0.2, 0) is 4.74 Å². The summed E-state index contributed by atoms with van der Waals surface area (Å²) < 4.78 is 10.6. The molecule has 0 aliphatic heterocycles. The molecule has 0 fully saturated rings. The SMILES string of the molecule is COC1C=Cc2ccccc2C1c1noc(C)c1C(=O)O. The summed E-state index contributed by atoms with van der Waals surface area (Å²) >= 11 is 0. The average Bonchev–Trinajstić information content (AvgIpc) is 2.87. The van der Waals surface area contributed by atoms with Gasteiger partial charge in [-0.25, -0.2) is 4.79 Å². The highest BCUT2D eigenvalue weighted by Crippen LogP contribution is 2.38. The van der Waals surface area contributed by atoms with Gasteiger partial charge in [0.2, 0.25) is 0 Å². The second-order valence-electron chi connectivity index (χ2n) is 4.97. The maximum absolute atomic E-state index is 11.5. The molecule has 21 heavy (non-hydrogen) atoms. The maximum Gasteiger partial charge on any atom is 0.341 e. The lowest BCUT2D eigenvalue weighted by molar-refractivity contribution is 0.0691. The number of carboxylic acids is 1. The van der Waals surface area contributed by atoms with Gasteiger partial charge in [0.05, 0.1) is 12.0 Å². The molecule has 3 rings (SSSR count). The zero-order chi connectivity index (χ0) is 15.0. The van der Waals surface area contributed by atoms with Crippen LogP contribution < -0.4 is 0 Å². The zero-order valence-electron chi connectivity index (χ0n) is 11.7. The minimum absolute atomic E-state index is 0.118. The number of carboxylic acid groups (broad SMARTS) is 1. The lowest BCUT2D eigenvalue weighted by Crippen LogP contribution is -2.25. The summed E-state index contributed by atoms with van der Waals surface area (Å²) in [5.74, 6) is -1.02. The molecule has 1 aromatic carbocycles. The highest BCUT2D eigenvalue weighted by Gasteiger charge is 2.35. The number of nitrogens with zero attached hydrogens (tertiary/aromatic N) is 1. The summed E-state index contributed by atoms with van der Waals surface area (Å²) in [5, 5.41) is 13.4. The van der Waals surface area contributed by atoms with Gasteiger partial charge in [0, 0.05) is 7.11 Å². The van der Waals surface area contributed by atoms with E-state index in [2.05, 4.69) is 5.16 Å². The molecule has 2 unspecified atom stereocenters. The van der Waals surface area contributed by atoms with E-state index in [-0.39, 0.29) is 17.6 Å². The smallest absolute Gasteiger partial charge is 0.341 e. The molecule has 1 N–H and O–H groups in total. The fourth-order valence-corrected chi connectivity index (χ4v) is 2.81. The minimum atomic E-state index is -1.04. The molecule has 2 aromatic rings. The van der Waals surface area contributed by atoms with Gasteiger partial charge in [-0.15, -0.1) is 0 Å². The molecule has 0 amide bonds. The highest BCUT2D eigenvalue weighted by atomic mass is 16.5. The van der Waals surface area contributed by atoms with Crippen molar-refractivity contribution >= 4 is 12.0 Å². The number of methoxy groups -OCH3 is 1. The molecule has 1 aliphatic carbocycles. The van der Waals surface area contributed by atoms with E-state index in [1.54, 1.807) is 14.0 Å². The van der Waals surface area contributed by atoms with Gasteiger partial charge in [-0.3, -0.25) is 0 Å². The van der Waals surface area contributed by atoms with Crippen LogP contribution in [0.5, 0.6) is 0 Å². The lowest BCUT2D eigenvalue weighted by atomic mass is 9.81. The second kappa shape index (κ2) is 5.18. The summed E-state index contributed by atoms with van der Waals surface area (Å²) in [6.45, 7) is 1.60. The first-order valence-corrected chi connectivity index (χ1v) is 6.63. The number of hydrogen-bond donors (Lipinski definition) is 1. The number of rotatable bonds is 3. The normalized spacial score (nSPS) is 20.3. The van der Waals surface area contributed by atoms with Crippen molar-refractivity contribution in [3.63, 3.8) is 0 Å². The van der Waals surface area contributed by atoms with Crippen LogP contribution in [0.2, 0.25) is 0 Å². The van der Waals surface area contributed by atoms with Crippen LogP contribution in [0, 0.1) is 6.92 Å². The van der Waals surface area contributed by atoms with Gasteiger partial charge in [-0.1, -0.05) is 41.6 Å². The Balaban J connectivity index is 2.20. The summed E-state index contributed by atoms with van der Waals surface area (Å²) in [5.41, 5.74) is 2.55. The molecule has 5 nitrogen and oxygen atoms in total. The predicted molar refractivity (Wildman–Crippen MR) is 76.3 cm³/mol. The topological polar surface area (TPSA) is 72.6 Å². The number of aromatic carboxylic acids is 1. The number of aromatic nitrogens is 1. The van der Waals surface area contributed by atoms with Crippen LogP contribution in [0.1, 0.15) is 38.9 Å². The minimum Gasteiger partial charge on any atom is -0.477 e. The Morgan fingerprint density at radius 2 is 2.14 bits per heavy atom. The number of carbonyl (C=O) groups is 1. The van der Waals surface area contributed by atoms with Gasteiger partial charge < -0.3 is 14.4 Å². The van der Waals surface area contributed by atoms with Crippen LogP contribution >= 0.6 is 0 Å². The third kappa shape index (κ3) is 2.15. The van der Waals surface area contributed by atoms with Crippen LogP contribution in [0.25, 0.3) is 6.08 Å². The van der Waals surface area contributed by atoms with Gasteiger partial charge in [-0.2, -0.15) is 0 Å². The molecule has 108 valence electrons. The molecular weight excluding hydrogens is 270 g/mol. The molecule has 1 aromatic heterocycles. The second-order valence-corrected chi connectivity index (χ2v) is 4.97. The van der Waals surface area contributed by atoms with E-state index < -0.39 is 5.97 Å². The van der Waals surface area contributed by atoms with Crippen molar-refractivity contribution in [2.24, 2.45) is 0 Å². The molecular formula is C16H15NO4. The van der Waals surface area contributed by atoms with Crippen molar-refractivity contribution in [2.75, 3.05) is 7.11 Å². The number of ether oxygens (including phenoxy) is 1. The van der Waals surface area contributed by atoms with Gasteiger partial charge >= 0.3 is 5.97 Å². The Morgan fingerprint density at radius 3 is 2.86 bits per heavy atom. The molecule has 5 heteroatoms. The molecule has 0 spiro atoms. The molecule has 0 saturated heterocycles. The van der Waals surface area contributed by atoms with Crippen LogP contribution in [-0.4, -0.2) is 29.4 Å². The average molecular weight is 285 g/mol. The van der Waals surface area contributed by atoms with E-state index in [0.29, 0.717) is 11.5 Å². The quantitative estimate of drug-likeness (QED) is 0.938. The van der Waals surface area contributed by atoms with Crippen molar-refractivity contribution < 1.29 is 19.2 Å². The molecule has 1 heterocycles. The van der Waals surface area contributed by atoms with E-state index in [0.717, 1.165) is 11.1 Å². The van der Waals surface area contributed by atoms with Crippen molar-refractivity contribution in [1.29, 1.82) is 0 Å². The van der Waals surface area contributed by atoms with E-state index in [4.69, 9.17) is 9.26 Å². The van der Waals surface area contributed by atoms with Crippen molar-refractivity contribution in [1.82, 2.24) is 5.16 Å². The number of aryl methyl sites for hydroxylation is 1. The van der Waals surface area contributed by atoms with E-state index in [1.807, 2.05) is 36.4 Å². The summed E-state index contributed by atoms with van der Waals surface area (Å²) in [7, 11) is 1.60. The molecule has 1 aliphatic rings. The molecule has 0 radical (unpaired) electrons. The predicted octanol–water partition coefficient (Wildman–Crippen LogP) is 2.85. The van der Waals surface area contributed by atoms with Gasteiger partial charge in [0.1, 0.15) is 17.0 Å². The van der Waals surface area contributed by atoms with Crippen LogP contribution in [0.4, 0.5) is 0 Å². The Hall–Kier alpha value is -2.40. The summed E-state index contributed by atoms with van der Waals surface area (Å²) in [4.78, 5) is 11.5. The molecule has 0 saturated carbocycles. The standard InChI is InChI=1S/C16H15NO4/c1-9-13(16(18)19)15(17-21-9)14-11-6-4-3-5-10(11)7-8-12(14)20-2/h3-8,12,14H,1-2H3,(H,18,19). The van der Waals surface area contributed by atoms with Gasteiger partial charge in [0.25, 0.3) is 0 Å². The Bertz CT molecular complexity index is 717. The largest absolute Gasteiger partial charge is 0.477 e. The monoisotopic (exact) mass is 285 g/mol. The van der Waals surface area contributed by atoms with E-state index >= 15 is 0 Å². The van der Waals surface area contributed by atoms with Crippen molar-refractivity contribution in [2.45, 2.75) is 18.9 Å². The molecule has 2 atom stereocenters. The first-order chi connectivity index (χ1) is 10.1. The maximum atomic E-state index is 11.5. The summed E-state index contributed by atoms with van der Waals surface area (Å²) in [6, 6.07) is 7.81. The Labute approximate surface area is 121 Å². The van der Waals surface area contributed by atoms with E-state index in [1.165, 1.54) is 0 Å². The number of fused-ring (bicyclic) bond motifs is 1. The van der Waals surface area contributed by atoms with Crippen molar-refractivity contribution in [3.8, 4) is 0 Å². The van der Waals surface area contributed by atoms with Crippen molar-refractivity contribution in [3.05, 3.63) is 58.5 Å².